The zero-order valence-electron chi connectivity index (χ0n) is 7.47. The van der Waals surface area contributed by atoms with Crippen LogP contribution >= 0.6 is 0 Å². The van der Waals surface area contributed by atoms with Gasteiger partial charge in [0.25, 0.3) is 0 Å². The highest BCUT2D eigenvalue weighted by atomic mass is 28.3. The molecule has 0 atom stereocenters. The Balaban J connectivity index is 2.05. The third-order valence-corrected chi connectivity index (χ3v) is 2.62. The molecule has 3 nitrogen and oxygen atoms in total. The first-order valence-electron chi connectivity index (χ1n) is 4.33. The SMILES string of the molecule is C[SiH](C)OCN1CCNCC1. The Hall–Kier alpha value is 0.0969. The molecular formula is C7H18N2OSi. The van der Waals surface area contributed by atoms with Crippen molar-refractivity contribution in [3.05, 3.63) is 0 Å². The molecule has 1 aliphatic rings. The predicted molar refractivity (Wildman–Crippen MR) is 49.3 cm³/mol. The van der Waals surface area contributed by atoms with E-state index >= 15 is 0 Å². The van der Waals surface area contributed by atoms with Gasteiger partial charge in [0.05, 0.1) is 6.73 Å². The quantitative estimate of drug-likeness (QED) is 0.602. The van der Waals surface area contributed by atoms with Gasteiger partial charge in [-0.25, -0.2) is 0 Å². The van der Waals surface area contributed by atoms with Gasteiger partial charge in [0.15, 0.2) is 9.04 Å². The van der Waals surface area contributed by atoms with Crippen molar-refractivity contribution in [2.75, 3.05) is 32.9 Å². The lowest BCUT2D eigenvalue weighted by Crippen LogP contribution is -2.44. The molecule has 0 aromatic rings. The maximum atomic E-state index is 5.62. The van der Waals surface area contributed by atoms with Gasteiger partial charge >= 0.3 is 0 Å². The summed E-state index contributed by atoms with van der Waals surface area (Å²) in [5.41, 5.74) is 0. The summed E-state index contributed by atoms with van der Waals surface area (Å²) < 4.78 is 5.62. The zero-order valence-corrected chi connectivity index (χ0v) is 8.62. The number of piperazine rings is 1. The molecule has 4 heteroatoms. The second-order valence-electron chi connectivity index (χ2n) is 3.21. The molecule has 0 aromatic carbocycles. The van der Waals surface area contributed by atoms with Crippen molar-refractivity contribution in [2.24, 2.45) is 0 Å². The van der Waals surface area contributed by atoms with Crippen LogP contribution in [0.5, 0.6) is 0 Å². The van der Waals surface area contributed by atoms with Crippen LogP contribution in [-0.2, 0) is 4.43 Å². The first kappa shape index (κ1) is 9.19. The summed E-state index contributed by atoms with van der Waals surface area (Å²) in [6.07, 6.45) is 0. The number of nitrogens with one attached hydrogen (secondary N) is 1. The summed E-state index contributed by atoms with van der Waals surface area (Å²) in [6, 6.07) is 0. The summed E-state index contributed by atoms with van der Waals surface area (Å²) in [5.74, 6) is 0. The molecule has 1 saturated heterocycles. The van der Waals surface area contributed by atoms with E-state index in [1.54, 1.807) is 0 Å². The summed E-state index contributed by atoms with van der Waals surface area (Å²) in [7, 11) is -0.804. The highest BCUT2D eigenvalue weighted by Crippen LogP contribution is 1.93. The van der Waals surface area contributed by atoms with Gasteiger partial charge < -0.3 is 9.74 Å². The Kier molecular flexibility index (Phi) is 4.07. The van der Waals surface area contributed by atoms with E-state index in [9.17, 15) is 0 Å². The van der Waals surface area contributed by atoms with Gasteiger partial charge in [-0.05, 0) is 13.1 Å². The van der Waals surface area contributed by atoms with Gasteiger partial charge in [0.2, 0.25) is 0 Å². The smallest absolute Gasteiger partial charge is 0.172 e. The van der Waals surface area contributed by atoms with Crippen LogP contribution in [0.1, 0.15) is 0 Å². The van der Waals surface area contributed by atoms with Crippen molar-refractivity contribution in [1.29, 1.82) is 0 Å². The fourth-order valence-electron chi connectivity index (χ4n) is 1.09. The molecule has 0 spiro atoms. The number of rotatable bonds is 3. The van der Waals surface area contributed by atoms with Gasteiger partial charge in [0.1, 0.15) is 0 Å². The maximum Gasteiger partial charge on any atom is 0.172 e. The number of hydrogen-bond donors (Lipinski definition) is 1. The van der Waals surface area contributed by atoms with Crippen molar-refractivity contribution in [1.82, 2.24) is 10.2 Å². The van der Waals surface area contributed by atoms with Crippen LogP contribution in [0.4, 0.5) is 0 Å². The Morgan fingerprint density at radius 3 is 2.55 bits per heavy atom. The molecular weight excluding hydrogens is 156 g/mol. The van der Waals surface area contributed by atoms with Crippen molar-refractivity contribution in [2.45, 2.75) is 13.1 Å². The van der Waals surface area contributed by atoms with E-state index in [-0.39, 0.29) is 0 Å². The number of nitrogens with zero attached hydrogens (tertiary/aromatic N) is 1. The lowest BCUT2D eigenvalue weighted by molar-refractivity contribution is 0.113. The van der Waals surface area contributed by atoms with E-state index in [2.05, 4.69) is 23.3 Å². The standard InChI is InChI=1S/C7H18N2OSi/c1-11(2)10-7-9-5-3-8-4-6-9/h8,11H,3-7H2,1-2H3. The molecule has 0 bridgehead atoms. The second kappa shape index (κ2) is 4.87. The molecule has 1 fully saturated rings. The lowest BCUT2D eigenvalue weighted by atomic mass is 10.4. The lowest BCUT2D eigenvalue weighted by Gasteiger charge is -2.27. The Labute approximate surface area is 70.4 Å². The van der Waals surface area contributed by atoms with Crippen LogP contribution in [0.2, 0.25) is 13.1 Å². The molecule has 1 N–H and O–H groups in total. The van der Waals surface area contributed by atoms with Gasteiger partial charge in [-0.15, -0.1) is 0 Å². The second-order valence-corrected chi connectivity index (χ2v) is 5.64. The van der Waals surface area contributed by atoms with E-state index in [0.717, 1.165) is 32.9 Å². The predicted octanol–water partition coefficient (Wildman–Crippen LogP) is -0.151. The zero-order chi connectivity index (χ0) is 8.10. The molecule has 1 rings (SSSR count). The molecule has 0 radical (unpaired) electrons. The van der Waals surface area contributed by atoms with E-state index < -0.39 is 9.04 Å². The molecule has 11 heavy (non-hydrogen) atoms. The molecule has 1 aliphatic heterocycles. The largest absolute Gasteiger partial charge is 0.408 e. The summed E-state index contributed by atoms with van der Waals surface area (Å²) >= 11 is 0. The summed E-state index contributed by atoms with van der Waals surface area (Å²) in [5, 5.41) is 3.32. The van der Waals surface area contributed by atoms with E-state index in [1.165, 1.54) is 0 Å². The third kappa shape index (κ3) is 3.86. The van der Waals surface area contributed by atoms with Crippen LogP contribution in [0, 0.1) is 0 Å². The van der Waals surface area contributed by atoms with Crippen LogP contribution in [0.3, 0.4) is 0 Å². The van der Waals surface area contributed by atoms with E-state index in [4.69, 9.17) is 4.43 Å². The van der Waals surface area contributed by atoms with Crippen LogP contribution < -0.4 is 5.32 Å². The monoisotopic (exact) mass is 174 g/mol. The minimum Gasteiger partial charge on any atom is -0.408 e. The minimum atomic E-state index is -0.804. The number of hydrogen-bond acceptors (Lipinski definition) is 3. The van der Waals surface area contributed by atoms with Crippen LogP contribution in [0.25, 0.3) is 0 Å². The van der Waals surface area contributed by atoms with Gasteiger partial charge in [-0.1, -0.05) is 0 Å². The van der Waals surface area contributed by atoms with Crippen molar-refractivity contribution < 1.29 is 4.43 Å². The van der Waals surface area contributed by atoms with Crippen molar-refractivity contribution >= 4 is 9.04 Å². The normalized spacial score (nSPS) is 21.0. The summed E-state index contributed by atoms with van der Waals surface area (Å²) in [4.78, 5) is 2.36. The Bertz CT molecular complexity index is 105. The van der Waals surface area contributed by atoms with E-state index in [0.29, 0.717) is 0 Å². The van der Waals surface area contributed by atoms with Crippen LogP contribution in [-0.4, -0.2) is 46.9 Å². The van der Waals surface area contributed by atoms with Crippen LogP contribution in [0.15, 0.2) is 0 Å². The highest BCUT2D eigenvalue weighted by molar-refractivity contribution is 6.48. The van der Waals surface area contributed by atoms with Gasteiger partial charge in [0, 0.05) is 26.2 Å². The average Bonchev–Trinajstić information content (AvgIpc) is 2.03. The Morgan fingerprint density at radius 1 is 1.36 bits per heavy atom. The van der Waals surface area contributed by atoms with Crippen molar-refractivity contribution in [3.63, 3.8) is 0 Å². The molecule has 66 valence electrons. The molecule has 1 heterocycles. The van der Waals surface area contributed by atoms with Gasteiger partial charge in [-0.2, -0.15) is 0 Å². The Morgan fingerprint density at radius 2 is 2.00 bits per heavy atom. The fraction of sp³-hybridized carbons (Fsp3) is 1.00. The molecule has 0 saturated carbocycles. The average molecular weight is 174 g/mol. The summed E-state index contributed by atoms with van der Waals surface area (Å²) in [6.45, 7) is 9.78. The molecule has 0 unspecified atom stereocenters. The highest BCUT2D eigenvalue weighted by Gasteiger charge is 2.09. The van der Waals surface area contributed by atoms with E-state index in [1.807, 2.05) is 0 Å². The minimum absolute atomic E-state index is 0.804. The van der Waals surface area contributed by atoms with Gasteiger partial charge in [-0.3, -0.25) is 4.90 Å². The molecule has 0 amide bonds. The first-order chi connectivity index (χ1) is 5.29. The third-order valence-electron chi connectivity index (χ3n) is 1.80. The molecule has 0 aromatic heterocycles. The molecule has 0 aliphatic carbocycles. The fourth-order valence-corrected chi connectivity index (χ4v) is 1.60. The maximum absolute atomic E-state index is 5.62. The topological polar surface area (TPSA) is 24.5 Å². The first-order valence-corrected chi connectivity index (χ1v) is 7.12. The van der Waals surface area contributed by atoms with Crippen molar-refractivity contribution in [3.8, 4) is 0 Å².